The molecule has 0 saturated carbocycles. The molecular formula is C9H10BrFOS. The summed E-state index contributed by atoms with van der Waals surface area (Å²) in [6.45, 7) is 0.613. The highest BCUT2D eigenvalue weighted by Gasteiger charge is 2.00. The van der Waals surface area contributed by atoms with Gasteiger partial charge in [0.05, 0.1) is 11.1 Å². The molecule has 4 heteroatoms. The lowest BCUT2D eigenvalue weighted by Gasteiger charge is -2.05. The maximum absolute atomic E-state index is 13.0. The van der Waals surface area contributed by atoms with Crippen molar-refractivity contribution in [2.75, 3.05) is 18.6 Å². The molecule has 0 bridgehead atoms. The minimum atomic E-state index is -0.290. The van der Waals surface area contributed by atoms with E-state index in [4.69, 9.17) is 4.74 Å². The van der Waals surface area contributed by atoms with Crippen LogP contribution in [0.2, 0.25) is 0 Å². The summed E-state index contributed by atoms with van der Waals surface area (Å²) in [6, 6.07) is 4.77. The molecule has 1 rings (SSSR count). The van der Waals surface area contributed by atoms with Crippen LogP contribution in [0.3, 0.4) is 0 Å². The quantitative estimate of drug-likeness (QED) is 0.772. The summed E-state index contributed by atoms with van der Waals surface area (Å²) in [5.41, 5.74) is 0. The van der Waals surface area contributed by atoms with Crippen LogP contribution in [0.1, 0.15) is 0 Å². The second kappa shape index (κ2) is 5.50. The molecule has 0 aliphatic heterocycles. The fraction of sp³-hybridized carbons (Fsp3) is 0.333. The molecule has 0 unspecified atom stereocenters. The molecule has 0 spiro atoms. The monoisotopic (exact) mass is 264 g/mol. The molecule has 0 atom stereocenters. The number of thioether (sulfide) groups is 1. The van der Waals surface area contributed by atoms with Crippen molar-refractivity contribution >= 4 is 27.7 Å². The van der Waals surface area contributed by atoms with Crippen molar-refractivity contribution in [1.29, 1.82) is 0 Å². The first-order valence-corrected chi connectivity index (χ1v) is 5.99. The van der Waals surface area contributed by atoms with Gasteiger partial charge in [0.1, 0.15) is 11.6 Å². The summed E-state index contributed by atoms with van der Waals surface area (Å²) in [6.07, 6.45) is 2.01. The number of hydrogen-bond donors (Lipinski definition) is 0. The highest BCUT2D eigenvalue weighted by atomic mass is 79.9. The Bertz CT molecular complexity index is 280. The summed E-state index contributed by atoms with van der Waals surface area (Å²) >= 11 is 4.78. The van der Waals surface area contributed by atoms with E-state index in [1.807, 2.05) is 6.26 Å². The molecule has 0 aliphatic carbocycles. The zero-order valence-electron chi connectivity index (χ0n) is 7.22. The molecule has 1 nitrogen and oxygen atoms in total. The van der Waals surface area contributed by atoms with Crippen molar-refractivity contribution in [1.82, 2.24) is 0 Å². The van der Waals surface area contributed by atoms with Gasteiger partial charge >= 0.3 is 0 Å². The standard InChI is InChI=1S/C9H10BrFOS/c1-13-5-4-12-7-2-3-8(10)9(11)6-7/h2-3,6H,4-5H2,1H3. The largest absolute Gasteiger partial charge is 0.493 e. The fourth-order valence-corrected chi connectivity index (χ4v) is 1.31. The van der Waals surface area contributed by atoms with Crippen molar-refractivity contribution in [2.24, 2.45) is 0 Å². The van der Waals surface area contributed by atoms with Crippen molar-refractivity contribution in [3.05, 3.63) is 28.5 Å². The Balaban J connectivity index is 2.53. The zero-order valence-corrected chi connectivity index (χ0v) is 9.62. The minimum absolute atomic E-state index is 0.290. The number of halogens is 2. The fourth-order valence-electron chi connectivity index (χ4n) is 0.809. The Hall–Kier alpha value is -0.220. The first kappa shape index (κ1) is 10.9. The molecule has 13 heavy (non-hydrogen) atoms. The molecule has 0 saturated heterocycles. The predicted octanol–water partition coefficient (Wildman–Crippen LogP) is 3.33. The van der Waals surface area contributed by atoms with E-state index in [9.17, 15) is 4.39 Å². The van der Waals surface area contributed by atoms with Crippen LogP contribution in [0, 0.1) is 5.82 Å². The number of rotatable bonds is 4. The third kappa shape index (κ3) is 3.56. The van der Waals surface area contributed by atoms with E-state index in [1.165, 1.54) is 6.07 Å². The topological polar surface area (TPSA) is 9.23 Å². The second-order valence-electron chi connectivity index (χ2n) is 2.42. The molecule has 0 heterocycles. The average Bonchev–Trinajstić information content (AvgIpc) is 2.12. The molecular weight excluding hydrogens is 255 g/mol. The molecule has 0 amide bonds. The van der Waals surface area contributed by atoms with E-state index < -0.39 is 0 Å². The number of hydrogen-bond acceptors (Lipinski definition) is 2. The van der Waals surface area contributed by atoms with Gasteiger partial charge in [0.15, 0.2) is 0 Å². The van der Waals surface area contributed by atoms with E-state index in [0.29, 0.717) is 16.8 Å². The van der Waals surface area contributed by atoms with Crippen LogP contribution >= 0.6 is 27.7 Å². The van der Waals surface area contributed by atoms with Crippen LogP contribution in [0.5, 0.6) is 5.75 Å². The second-order valence-corrected chi connectivity index (χ2v) is 4.26. The van der Waals surface area contributed by atoms with Crippen LogP contribution in [0.15, 0.2) is 22.7 Å². The lowest BCUT2D eigenvalue weighted by molar-refractivity contribution is 0.342. The van der Waals surface area contributed by atoms with E-state index in [0.717, 1.165) is 5.75 Å². The Morgan fingerprint density at radius 2 is 2.31 bits per heavy atom. The number of ether oxygens (including phenoxy) is 1. The molecule has 1 aromatic carbocycles. The molecule has 0 radical (unpaired) electrons. The van der Waals surface area contributed by atoms with Crippen molar-refractivity contribution in [3.8, 4) is 5.75 Å². The van der Waals surface area contributed by atoms with E-state index >= 15 is 0 Å². The van der Waals surface area contributed by atoms with E-state index in [1.54, 1.807) is 23.9 Å². The highest BCUT2D eigenvalue weighted by molar-refractivity contribution is 9.10. The molecule has 0 fully saturated rings. The van der Waals surface area contributed by atoms with Crippen LogP contribution in [0.25, 0.3) is 0 Å². The summed E-state index contributed by atoms with van der Waals surface area (Å²) < 4.78 is 18.7. The maximum Gasteiger partial charge on any atom is 0.141 e. The van der Waals surface area contributed by atoms with Crippen LogP contribution < -0.4 is 4.74 Å². The van der Waals surface area contributed by atoms with Gasteiger partial charge in [-0.1, -0.05) is 0 Å². The lowest BCUT2D eigenvalue weighted by atomic mass is 10.3. The SMILES string of the molecule is CSCCOc1ccc(Br)c(F)c1. The van der Waals surface area contributed by atoms with Gasteiger partial charge in [0.2, 0.25) is 0 Å². The van der Waals surface area contributed by atoms with Gasteiger partial charge in [-0.15, -0.1) is 0 Å². The summed E-state index contributed by atoms with van der Waals surface area (Å²) in [5, 5.41) is 0. The van der Waals surface area contributed by atoms with Crippen molar-refractivity contribution in [2.45, 2.75) is 0 Å². The molecule has 72 valence electrons. The van der Waals surface area contributed by atoms with Gasteiger partial charge in [0, 0.05) is 11.8 Å². The van der Waals surface area contributed by atoms with Gasteiger partial charge in [-0.3, -0.25) is 0 Å². The zero-order chi connectivity index (χ0) is 9.68. The Labute approximate surface area is 89.8 Å². The van der Waals surface area contributed by atoms with Crippen molar-refractivity contribution in [3.63, 3.8) is 0 Å². The van der Waals surface area contributed by atoms with E-state index in [-0.39, 0.29) is 5.82 Å². The normalized spacial score (nSPS) is 10.1. The lowest BCUT2D eigenvalue weighted by Crippen LogP contribution is -1.99. The first-order chi connectivity index (χ1) is 6.24. The molecule has 1 aromatic rings. The predicted molar refractivity (Wildman–Crippen MR) is 58.0 cm³/mol. The smallest absolute Gasteiger partial charge is 0.141 e. The van der Waals surface area contributed by atoms with Crippen LogP contribution in [-0.2, 0) is 0 Å². The summed E-state index contributed by atoms with van der Waals surface area (Å²) in [4.78, 5) is 0. The highest BCUT2D eigenvalue weighted by Crippen LogP contribution is 2.20. The number of benzene rings is 1. The van der Waals surface area contributed by atoms with Crippen LogP contribution in [-0.4, -0.2) is 18.6 Å². The van der Waals surface area contributed by atoms with Gasteiger partial charge in [-0.25, -0.2) is 4.39 Å². The first-order valence-electron chi connectivity index (χ1n) is 3.81. The average molecular weight is 265 g/mol. The molecule has 0 N–H and O–H groups in total. The third-order valence-electron chi connectivity index (χ3n) is 1.45. The van der Waals surface area contributed by atoms with Gasteiger partial charge in [-0.05, 0) is 34.3 Å². The van der Waals surface area contributed by atoms with Crippen LogP contribution in [0.4, 0.5) is 4.39 Å². The van der Waals surface area contributed by atoms with Gasteiger partial charge in [-0.2, -0.15) is 11.8 Å². The Morgan fingerprint density at radius 3 is 2.92 bits per heavy atom. The summed E-state index contributed by atoms with van der Waals surface area (Å²) in [7, 11) is 0. The maximum atomic E-state index is 13.0. The minimum Gasteiger partial charge on any atom is -0.493 e. The Kier molecular flexibility index (Phi) is 4.59. The van der Waals surface area contributed by atoms with E-state index in [2.05, 4.69) is 15.9 Å². The van der Waals surface area contributed by atoms with Crippen molar-refractivity contribution < 1.29 is 9.13 Å². The third-order valence-corrected chi connectivity index (χ3v) is 2.67. The van der Waals surface area contributed by atoms with Gasteiger partial charge < -0.3 is 4.74 Å². The molecule has 0 aliphatic rings. The summed E-state index contributed by atoms with van der Waals surface area (Å²) in [5.74, 6) is 1.20. The molecule has 0 aromatic heterocycles. The Morgan fingerprint density at radius 1 is 1.54 bits per heavy atom. The van der Waals surface area contributed by atoms with Gasteiger partial charge in [0.25, 0.3) is 0 Å².